The van der Waals surface area contributed by atoms with Crippen LogP contribution >= 0.6 is 0 Å². The van der Waals surface area contributed by atoms with E-state index >= 15 is 0 Å². The van der Waals surface area contributed by atoms with Crippen molar-refractivity contribution in [3.05, 3.63) is 48.0 Å². The first kappa shape index (κ1) is 18.9. The Bertz CT molecular complexity index is 655. The Hall–Kier alpha value is -2.47. The van der Waals surface area contributed by atoms with E-state index in [9.17, 15) is 19.5 Å². The number of amides is 1. The van der Waals surface area contributed by atoms with E-state index in [4.69, 9.17) is 5.11 Å². The van der Waals surface area contributed by atoms with Gasteiger partial charge in [-0.3, -0.25) is 14.4 Å². The number of hydrogen-bond donors (Lipinski definition) is 2. The third-order valence-electron chi connectivity index (χ3n) is 4.28. The van der Waals surface area contributed by atoms with Crippen LogP contribution in [-0.2, 0) is 20.9 Å². The Balaban J connectivity index is 2.00. The molecule has 1 aliphatic rings. The summed E-state index contributed by atoms with van der Waals surface area (Å²) in [4.78, 5) is 36.4. The molecule has 1 saturated heterocycles. The lowest BCUT2D eigenvalue weighted by atomic mass is 10.0. The van der Waals surface area contributed by atoms with Gasteiger partial charge in [0, 0.05) is 19.4 Å². The highest BCUT2D eigenvalue weighted by molar-refractivity contribution is 5.90. The number of rotatable bonds is 8. The Morgan fingerprint density at radius 2 is 1.96 bits per heavy atom. The fraction of sp³-hybridized carbons (Fsp3) is 0.421. The number of carbonyl (C=O) groups excluding carboxylic acids is 2. The highest BCUT2D eigenvalue weighted by Crippen LogP contribution is 2.28. The lowest BCUT2D eigenvalue weighted by Crippen LogP contribution is -2.33. The highest BCUT2D eigenvalue weighted by Gasteiger charge is 2.35. The van der Waals surface area contributed by atoms with Crippen molar-refractivity contribution in [3.8, 4) is 0 Å². The lowest BCUT2D eigenvalue weighted by Gasteiger charge is -2.24. The van der Waals surface area contributed by atoms with Crippen LogP contribution in [0.1, 0.15) is 31.7 Å². The molecule has 0 aliphatic carbocycles. The minimum absolute atomic E-state index is 0.0457. The lowest BCUT2D eigenvalue weighted by molar-refractivity contribution is -0.139. The maximum Gasteiger partial charge on any atom is 0.305 e. The summed E-state index contributed by atoms with van der Waals surface area (Å²) in [5, 5.41) is 18.1. The van der Waals surface area contributed by atoms with Crippen molar-refractivity contribution in [1.82, 2.24) is 4.90 Å². The van der Waals surface area contributed by atoms with E-state index in [1.807, 2.05) is 37.3 Å². The number of ketones is 1. The van der Waals surface area contributed by atoms with Gasteiger partial charge < -0.3 is 15.1 Å². The van der Waals surface area contributed by atoms with E-state index in [1.165, 1.54) is 6.08 Å². The minimum Gasteiger partial charge on any atom is -0.481 e. The van der Waals surface area contributed by atoms with E-state index in [2.05, 4.69) is 0 Å². The standard InChI is InChI=1S/C19H23NO5/c1-13-9-18(23)20(12-14-5-3-2-4-6-14)17(13)8-7-15(21)10-16(22)11-19(24)25/h2-8,13,16-17,22H,9-12H2,1H3,(H,24,25)/b8-7+/t13?,16-,17?/m1/s1. The summed E-state index contributed by atoms with van der Waals surface area (Å²) in [6.07, 6.45) is 1.57. The summed E-state index contributed by atoms with van der Waals surface area (Å²) < 4.78 is 0. The molecular formula is C19H23NO5. The van der Waals surface area contributed by atoms with Crippen LogP contribution in [0.2, 0.25) is 0 Å². The Morgan fingerprint density at radius 1 is 1.28 bits per heavy atom. The fourth-order valence-corrected chi connectivity index (χ4v) is 3.03. The summed E-state index contributed by atoms with van der Waals surface area (Å²) in [5.74, 6) is -1.36. The van der Waals surface area contributed by atoms with Gasteiger partial charge in [-0.25, -0.2) is 0 Å². The first-order chi connectivity index (χ1) is 11.9. The highest BCUT2D eigenvalue weighted by atomic mass is 16.4. The molecule has 2 N–H and O–H groups in total. The van der Waals surface area contributed by atoms with Crippen molar-refractivity contribution >= 4 is 17.7 Å². The summed E-state index contributed by atoms with van der Waals surface area (Å²) in [6.45, 7) is 2.44. The van der Waals surface area contributed by atoms with Gasteiger partial charge in [0.15, 0.2) is 5.78 Å². The number of hydrogen-bond acceptors (Lipinski definition) is 4. The van der Waals surface area contributed by atoms with Gasteiger partial charge in [0.25, 0.3) is 0 Å². The van der Waals surface area contributed by atoms with Crippen LogP contribution in [0, 0.1) is 5.92 Å². The molecule has 1 fully saturated rings. The van der Waals surface area contributed by atoms with Gasteiger partial charge in [-0.15, -0.1) is 0 Å². The van der Waals surface area contributed by atoms with Gasteiger partial charge in [-0.1, -0.05) is 43.3 Å². The zero-order valence-electron chi connectivity index (χ0n) is 14.2. The Morgan fingerprint density at radius 3 is 2.60 bits per heavy atom. The van der Waals surface area contributed by atoms with Crippen LogP contribution in [0.4, 0.5) is 0 Å². The average molecular weight is 345 g/mol. The van der Waals surface area contributed by atoms with Crippen LogP contribution in [0.5, 0.6) is 0 Å². The van der Waals surface area contributed by atoms with Crippen LogP contribution in [-0.4, -0.2) is 44.9 Å². The van der Waals surface area contributed by atoms with Gasteiger partial charge >= 0.3 is 5.97 Å². The number of carboxylic acids is 1. The summed E-state index contributed by atoms with van der Waals surface area (Å²) in [6, 6.07) is 9.45. The SMILES string of the molecule is CC1CC(=O)N(Cc2ccccc2)C1/C=C/C(=O)C[C@@H](O)CC(=O)O. The third-order valence-corrected chi connectivity index (χ3v) is 4.28. The molecule has 2 unspecified atom stereocenters. The van der Waals surface area contributed by atoms with Crippen LogP contribution < -0.4 is 0 Å². The van der Waals surface area contributed by atoms with Crippen LogP contribution in [0.25, 0.3) is 0 Å². The molecule has 0 aromatic heterocycles. The Kier molecular flexibility index (Phi) is 6.47. The molecule has 1 aliphatic heterocycles. The second-order valence-corrected chi connectivity index (χ2v) is 6.46. The second kappa shape index (κ2) is 8.58. The number of aliphatic carboxylic acids is 1. The average Bonchev–Trinajstić information content (AvgIpc) is 2.79. The molecule has 134 valence electrons. The predicted octanol–water partition coefficient (Wildman–Crippen LogP) is 1.77. The van der Waals surface area contributed by atoms with E-state index in [1.54, 1.807) is 11.0 Å². The minimum atomic E-state index is -1.20. The second-order valence-electron chi connectivity index (χ2n) is 6.46. The molecule has 1 amide bonds. The number of likely N-dealkylation sites (tertiary alicyclic amines) is 1. The molecule has 0 saturated carbocycles. The van der Waals surface area contributed by atoms with Crippen LogP contribution in [0.15, 0.2) is 42.5 Å². The molecule has 6 nitrogen and oxygen atoms in total. The van der Waals surface area contributed by atoms with Crippen molar-refractivity contribution in [2.45, 2.75) is 44.9 Å². The maximum atomic E-state index is 12.2. The molecule has 0 bridgehead atoms. The number of allylic oxidation sites excluding steroid dienone is 1. The topological polar surface area (TPSA) is 94.9 Å². The van der Waals surface area contributed by atoms with Crippen molar-refractivity contribution in [1.29, 1.82) is 0 Å². The van der Waals surface area contributed by atoms with E-state index in [0.29, 0.717) is 13.0 Å². The molecular weight excluding hydrogens is 322 g/mol. The third kappa shape index (κ3) is 5.53. The number of aliphatic hydroxyl groups is 1. The predicted molar refractivity (Wildman–Crippen MR) is 91.6 cm³/mol. The first-order valence-electron chi connectivity index (χ1n) is 8.31. The number of carboxylic acid groups (broad SMARTS) is 1. The Labute approximate surface area is 146 Å². The number of benzene rings is 1. The smallest absolute Gasteiger partial charge is 0.305 e. The van der Waals surface area contributed by atoms with Gasteiger partial charge in [-0.05, 0) is 17.6 Å². The van der Waals surface area contributed by atoms with Gasteiger partial charge in [0.2, 0.25) is 5.91 Å². The molecule has 25 heavy (non-hydrogen) atoms. The molecule has 0 spiro atoms. The zero-order chi connectivity index (χ0) is 18.4. The van der Waals surface area contributed by atoms with Crippen molar-refractivity contribution < 1.29 is 24.6 Å². The first-order valence-corrected chi connectivity index (χ1v) is 8.31. The largest absolute Gasteiger partial charge is 0.481 e. The molecule has 1 aromatic rings. The van der Waals surface area contributed by atoms with Gasteiger partial charge in [0.1, 0.15) is 0 Å². The molecule has 6 heteroatoms. The number of aliphatic hydroxyl groups excluding tert-OH is 1. The number of nitrogens with zero attached hydrogens (tertiary/aromatic N) is 1. The van der Waals surface area contributed by atoms with Crippen molar-refractivity contribution in [2.24, 2.45) is 5.92 Å². The van der Waals surface area contributed by atoms with Gasteiger partial charge in [0.05, 0.1) is 18.6 Å². The summed E-state index contributed by atoms with van der Waals surface area (Å²) in [7, 11) is 0. The van der Waals surface area contributed by atoms with E-state index in [0.717, 1.165) is 5.56 Å². The number of carbonyl (C=O) groups is 3. The fourth-order valence-electron chi connectivity index (χ4n) is 3.03. The monoisotopic (exact) mass is 345 g/mol. The molecule has 0 radical (unpaired) electrons. The normalized spacial score (nSPS) is 21.7. The zero-order valence-corrected chi connectivity index (χ0v) is 14.2. The quantitative estimate of drug-likeness (QED) is 0.700. The summed E-state index contributed by atoms with van der Waals surface area (Å²) >= 11 is 0. The molecule has 2 rings (SSSR count). The van der Waals surface area contributed by atoms with Gasteiger partial charge in [-0.2, -0.15) is 0 Å². The van der Waals surface area contributed by atoms with Crippen LogP contribution in [0.3, 0.4) is 0 Å². The summed E-state index contributed by atoms with van der Waals surface area (Å²) in [5.41, 5.74) is 1.02. The van der Waals surface area contributed by atoms with E-state index in [-0.39, 0.29) is 30.1 Å². The molecule has 3 atom stereocenters. The molecule has 1 aromatic carbocycles. The van der Waals surface area contributed by atoms with Crippen molar-refractivity contribution in [3.63, 3.8) is 0 Å². The van der Waals surface area contributed by atoms with E-state index < -0.39 is 18.5 Å². The maximum absolute atomic E-state index is 12.2. The molecule has 1 heterocycles. The van der Waals surface area contributed by atoms with Crippen molar-refractivity contribution in [2.75, 3.05) is 0 Å².